The number of aliphatic hydroxyl groups is 1. The van der Waals surface area contributed by atoms with Crippen molar-refractivity contribution in [3.8, 4) is 0 Å². The van der Waals surface area contributed by atoms with E-state index in [0.29, 0.717) is 5.92 Å². The maximum atomic E-state index is 9.58. The summed E-state index contributed by atoms with van der Waals surface area (Å²) in [6.45, 7) is 7.45. The molecule has 1 heterocycles. The Hall–Kier alpha value is -0.120. The van der Waals surface area contributed by atoms with Crippen LogP contribution in [-0.4, -0.2) is 48.8 Å². The van der Waals surface area contributed by atoms with Crippen LogP contribution in [0.1, 0.15) is 20.3 Å². The zero-order chi connectivity index (χ0) is 9.84. The largest absolute Gasteiger partial charge is 0.391 e. The first-order valence-corrected chi connectivity index (χ1v) is 5.19. The minimum Gasteiger partial charge on any atom is -0.391 e. The summed E-state index contributed by atoms with van der Waals surface area (Å²) in [5.41, 5.74) is 0. The molecule has 0 aromatic heterocycles. The van der Waals surface area contributed by atoms with Crippen molar-refractivity contribution in [2.75, 3.05) is 26.7 Å². The van der Waals surface area contributed by atoms with Gasteiger partial charge in [0.05, 0.1) is 6.10 Å². The summed E-state index contributed by atoms with van der Waals surface area (Å²) in [6.07, 6.45) is 0.759. The van der Waals surface area contributed by atoms with Crippen LogP contribution in [0.25, 0.3) is 0 Å². The Morgan fingerprint density at radius 2 is 2.23 bits per heavy atom. The lowest BCUT2D eigenvalue weighted by molar-refractivity contribution is 0.134. The van der Waals surface area contributed by atoms with Crippen molar-refractivity contribution >= 4 is 0 Å². The fraction of sp³-hybridized carbons (Fsp3) is 1.00. The van der Waals surface area contributed by atoms with Gasteiger partial charge in [0.2, 0.25) is 0 Å². The molecule has 13 heavy (non-hydrogen) atoms. The van der Waals surface area contributed by atoms with Crippen molar-refractivity contribution in [2.45, 2.75) is 32.4 Å². The van der Waals surface area contributed by atoms with E-state index in [9.17, 15) is 5.11 Å². The summed E-state index contributed by atoms with van der Waals surface area (Å²) in [5.74, 6) is 0.698. The summed E-state index contributed by atoms with van der Waals surface area (Å²) in [4.78, 5) is 2.29. The van der Waals surface area contributed by atoms with Crippen LogP contribution < -0.4 is 5.32 Å². The molecule has 0 aliphatic carbocycles. The van der Waals surface area contributed by atoms with Gasteiger partial charge in [-0.15, -0.1) is 0 Å². The molecule has 0 spiro atoms. The maximum absolute atomic E-state index is 9.58. The van der Waals surface area contributed by atoms with E-state index in [1.54, 1.807) is 0 Å². The Kier molecular flexibility index (Phi) is 4.16. The van der Waals surface area contributed by atoms with Crippen molar-refractivity contribution in [1.29, 1.82) is 0 Å². The minimum atomic E-state index is -0.144. The van der Waals surface area contributed by atoms with Gasteiger partial charge < -0.3 is 15.3 Å². The van der Waals surface area contributed by atoms with Gasteiger partial charge in [0, 0.05) is 19.1 Å². The van der Waals surface area contributed by atoms with Gasteiger partial charge in [-0.2, -0.15) is 0 Å². The molecule has 78 valence electrons. The lowest BCUT2D eigenvalue weighted by Crippen LogP contribution is -2.42. The van der Waals surface area contributed by atoms with Gasteiger partial charge >= 0.3 is 0 Å². The molecule has 0 aromatic carbocycles. The van der Waals surface area contributed by atoms with E-state index in [0.717, 1.165) is 26.1 Å². The summed E-state index contributed by atoms with van der Waals surface area (Å²) in [7, 11) is 2.12. The Labute approximate surface area is 81.1 Å². The molecule has 2 atom stereocenters. The molecule has 0 radical (unpaired) electrons. The molecule has 0 amide bonds. The first-order chi connectivity index (χ1) is 6.09. The van der Waals surface area contributed by atoms with Gasteiger partial charge in [-0.3, -0.25) is 0 Å². The van der Waals surface area contributed by atoms with Crippen LogP contribution in [0.4, 0.5) is 0 Å². The molecule has 1 rings (SSSR count). The normalized spacial score (nSPS) is 29.1. The Morgan fingerprint density at radius 1 is 1.54 bits per heavy atom. The van der Waals surface area contributed by atoms with Gasteiger partial charge in [-0.25, -0.2) is 0 Å². The van der Waals surface area contributed by atoms with E-state index in [4.69, 9.17) is 0 Å². The SMILES string of the molecule is CC(C)CN(C)CC1NCCC1O. The quantitative estimate of drug-likeness (QED) is 0.663. The van der Waals surface area contributed by atoms with Gasteiger partial charge in [-0.05, 0) is 25.9 Å². The van der Waals surface area contributed by atoms with E-state index in [-0.39, 0.29) is 12.1 Å². The summed E-state index contributed by atoms with van der Waals surface area (Å²) in [5, 5.41) is 12.9. The third kappa shape index (κ3) is 3.63. The van der Waals surface area contributed by atoms with Crippen LogP contribution in [0.5, 0.6) is 0 Å². The van der Waals surface area contributed by atoms with Gasteiger partial charge in [-0.1, -0.05) is 13.8 Å². The highest BCUT2D eigenvalue weighted by Crippen LogP contribution is 2.08. The first kappa shape index (κ1) is 11.0. The second-order valence-corrected chi connectivity index (χ2v) is 4.53. The highest BCUT2D eigenvalue weighted by molar-refractivity contribution is 4.85. The van der Waals surface area contributed by atoms with Gasteiger partial charge in [0.15, 0.2) is 0 Å². The predicted octanol–water partition coefficient (Wildman–Crippen LogP) is 0.297. The molecule has 1 aliphatic rings. The van der Waals surface area contributed by atoms with Crippen LogP contribution in [0.2, 0.25) is 0 Å². The third-order valence-electron chi connectivity index (χ3n) is 2.50. The molecule has 0 bridgehead atoms. The molecule has 2 unspecified atom stereocenters. The van der Waals surface area contributed by atoms with Crippen molar-refractivity contribution in [3.05, 3.63) is 0 Å². The topological polar surface area (TPSA) is 35.5 Å². The Bertz CT molecular complexity index is 150. The summed E-state index contributed by atoms with van der Waals surface area (Å²) in [6, 6.07) is 0.281. The molecule has 1 aliphatic heterocycles. The molecule has 3 heteroatoms. The Morgan fingerprint density at radius 3 is 2.69 bits per heavy atom. The number of hydrogen-bond acceptors (Lipinski definition) is 3. The average molecular weight is 186 g/mol. The zero-order valence-electron chi connectivity index (χ0n) is 8.95. The number of nitrogens with zero attached hydrogens (tertiary/aromatic N) is 1. The standard InChI is InChI=1S/C10H22N2O/c1-8(2)6-12(3)7-9-10(13)4-5-11-9/h8-11,13H,4-7H2,1-3H3. The number of likely N-dealkylation sites (N-methyl/N-ethyl adjacent to an activating group) is 1. The van der Waals surface area contributed by atoms with Crippen LogP contribution in [0.15, 0.2) is 0 Å². The lowest BCUT2D eigenvalue weighted by atomic mass is 10.1. The second-order valence-electron chi connectivity index (χ2n) is 4.53. The lowest BCUT2D eigenvalue weighted by Gasteiger charge is -2.24. The molecule has 1 fully saturated rings. The molecule has 0 aromatic rings. The van der Waals surface area contributed by atoms with Gasteiger partial charge in [0.1, 0.15) is 0 Å². The predicted molar refractivity (Wildman–Crippen MR) is 54.7 cm³/mol. The summed E-state index contributed by atoms with van der Waals surface area (Å²) >= 11 is 0. The van der Waals surface area contributed by atoms with Crippen molar-refractivity contribution in [3.63, 3.8) is 0 Å². The highest BCUT2D eigenvalue weighted by Gasteiger charge is 2.25. The van der Waals surface area contributed by atoms with Crippen LogP contribution in [0.3, 0.4) is 0 Å². The number of rotatable bonds is 4. The van der Waals surface area contributed by atoms with Gasteiger partial charge in [0.25, 0.3) is 0 Å². The smallest absolute Gasteiger partial charge is 0.0717 e. The molecule has 3 nitrogen and oxygen atoms in total. The third-order valence-corrected chi connectivity index (χ3v) is 2.50. The molecule has 0 saturated carbocycles. The number of aliphatic hydroxyl groups excluding tert-OH is 1. The van der Waals surface area contributed by atoms with Crippen LogP contribution in [0, 0.1) is 5.92 Å². The van der Waals surface area contributed by atoms with E-state index < -0.39 is 0 Å². The molecular weight excluding hydrogens is 164 g/mol. The maximum Gasteiger partial charge on any atom is 0.0717 e. The van der Waals surface area contributed by atoms with Crippen LogP contribution >= 0.6 is 0 Å². The zero-order valence-corrected chi connectivity index (χ0v) is 8.95. The van der Waals surface area contributed by atoms with Crippen molar-refractivity contribution in [2.24, 2.45) is 5.92 Å². The number of nitrogens with one attached hydrogen (secondary N) is 1. The fourth-order valence-electron chi connectivity index (χ4n) is 1.97. The van der Waals surface area contributed by atoms with E-state index in [1.165, 1.54) is 0 Å². The van der Waals surface area contributed by atoms with Crippen molar-refractivity contribution < 1.29 is 5.11 Å². The molecule has 1 saturated heterocycles. The average Bonchev–Trinajstić information content (AvgIpc) is 2.34. The molecule has 2 N–H and O–H groups in total. The molecular formula is C10H22N2O. The highest BCUT2D eigenvalue weighted by atomic mass is 16.3. The van der Waals surface area contributed by atoms with Crippen LogP contribution in [-0.2, 0) is 0 Å². The first-order valence-electron chi connectivity index (χ1n) is 5.19. The van der Waals surface area contributed by atoms with E-state index in [1.807, 2.05) is 0 Å². The van der Waals surface area contributed by atoms with E-state index >= 15 is 0 Å². The monoisotopic (exact) mass is 186 g/mol. The number of hydrogen-bond donors (Lipinski definition) is 2. The fourth-order valence-corrected chi connectivity index (χ4v) is 1.97. The summed E-state index contributed by atoms with van der Waals surface area (Å²) < 4.78 is 0. The Balaban J connectivity index is 2.22. The second kappa shape index (κ2) is 4.94. The minimum absolute atomic E-state index is 0.144. The van der Waals surface area contributed by atoms with Crippen molar-refractivity contribution in [1.82, 2.24) is 10.2 Å². The van der Waals surface area contributed by atoms with E-state index in [2.05, 4.69) is 31.1 Å².